The Morgan fingerprint density at radius 1 is 1.00 bits per heavy atom. The van der Waals surface area contributed by atoms with E-state index in [0.29, 0.717) is 0 Å². The molecule has 5 heteroatoms. The van der Waals surface area contributed by atoms with Crippen LogP contribution in [0.4, 0.5) is 0 Å². The second kappa shape index (κ2) is 22.7. The Kier molecular flexibility index (Phi) is 142. The Morgan fingerprint density at radius 2 is 1.00 bits per heavy atom. The first-order valence-electron chi connectivity index (χ1n) is 0. The van der Waals surface area contributed by atoms with Crippen molar-refractivity contribution in [1.82, 2.24) is 0 Å². The van der Waals surface area contributed by atoms with Crippen molar-refractivity contribution in [3.63, 3.8) is 0 Å². The van der Waals surface area contributed by atoms with Crippen molar-refractivity contribution >= 4 is 55.3 Å². The maximum absolute atomic E-state index is 0. The maximum Gasteiger partial charge on any atom is 0 e. The van der Waals surface area contributed by atoms with E-state index in [-0.39, 0.29) is 165 Å². The van der Waals surface area contributed by atoms with Crippen LogP contribution >= 0.6 is 0 Å². The molecule has 0 fully saturated rings. The monoisotopic (exact) mass is 532 g/mol. The van der Waals surface area contributed by atoms with Crippen LogP contribution in [0.3, 0.4) is 0 Å². The smallest absolute Gasteiger partial charge is 0 e. The van der Waals surface area contributed by atoms with Crippen molar-refractivity contribution in [1.29, 1.82) is 0 Å². The van der Waals surface area contributed by atoms with E-state index in [1.807, 2.05) is 0 Å². The third-order valence-corrected chi connectivity index (χ3v) is 0. The van der Waals surface area contributed by atoms with Crippen LogP contribution in [-0.2, 0) is 32.7 Å². The Bertz CT molecular complexity index is 11.6. The van der Waals surface area contributed by atoms with E-state index in [1.165, 1.54) is 0 Å². The first-order valence-corrected chi connectivity index (χ1v) is 0. The summed E-state index contributed by atoms with van der Waals surface area (Å²) in [5.41, 5.74) is 0. The van der Waals surface area contributed by atoms with Gasteiger partial charge in [-0.1, -0.05) is 0 Å². The van der Waals surface area contributed by atoms with Crippen LogP contribution in [0.5, 0.6) is 0 Å². The minimum absolute atomic E-state index is 0. The van der Waals surface area contributed by atoms with Gasteiger partial charge in [-0.25, -0.2) is 0 Å². The van der Waals surface area contributed by atoms with Gasteiger partial charge in [0.1, 0.15) is 0 Å². The molecule has 0 N–H and O–H groups in total. The van der Waals surface area contributed by atoms with Crippen molar-refractivity contribution in [2.24, 2.45) is 0 Å². The van der Waals surface area contributed by atoms with Gasteiger partial charge in [0.05, 0.1) is 0 Å². The minimum Gasteiger partial charge on any atom is 0 e. The summed E-state index contributed by atoms with van der Waals surface area (Å²) in [6.45, 7) is 0. The number of rotatable bonds is 0. The third kappa shape index (κ3) is 17.7. The SMILES string of the molecule is [CaH2].[Ge].[Lu].[Sm].[Y]. The molecule has 0 atom stereocenters. The molecule has 0 bridgehead atoms. The molecule has 0 nitrogen and oxygen atoms in total. The average molecular weight is 529 g/mol. The zero-order valence-electron chi connectivity index (χ0n) is 1.74. The molecule has 0 heterocycles. The van der Waals surface area contributed by atoms with Gasteiger partial charge in [-0.05, 0) is 0 Å². The number of hydrogen-bond acceptors (Lipinski definition) is 0. The van der Waals surface area contributed by atoms with Gasteiger partial charge >= 0.3 is 37.7 Å². The van der Waals surface area contributed by atoms with Crippen LogP contribution in [0, 0.1) is 77.3 Å². The molecule has 0 aliphatic carbocycles. The first-order chi connectivity index (χ1) is 0. The molecule has 0 saturated heterocycles. The van der Waals surface area contributed by atoms with Gasteiger partial charge in [-0.15, -0.1) is 0 Å². The summed E-state index contributed by atoms with van der Waals surface area (Å²) in [5.74, 6) is 0. The summed E-state index contributed by atoms with van der Waals surface area (Å²) < 4.78 is 0. The van der Waals surface area contributed by atoms with Gasteiger partial charge in [-0.3, -0.25) is 0 Å². The fourth-order valence-electron chi connectivity index (χ4n) is 0. The molecule has 0 spiro atoms. The molecule has 0 aromatic carbocycles. The predicted molar refractivity (Wildman–Crippen MR) is 14.3 cm³/mol. The van der Waals surface area contributed by atoms with E-state index in [4.69, 9.17) is 0 Å². The Morgan fingerprint density at radius 3 is 1.00 bits per heavy atom. The van der Waals surface area contributed by atoms with Crippen LogP contribution in [0.2, 0.25) is 0 Å². The van der Waals surface area contributed by atoms with Crippen molar-refractivity contribution in [3.8, 4) is 0 Å². The van der Waals surface area contributed by atoms with E-state index in [2.05, 4.69) is 0 Å². The molecular formula is H2CaGeLuSmY. The maximum atomic E-state index is 0. The summed E-state index contributed by atoms with van der Waals surface area (Å²) in [7, 11) is 0. The molecule has 5 heavy (non-hydrogen) atoms. The molecule has 0 rings (SSSR count). The molecule has 0 amide bonds. The first kappa shape index (κ1) is 31.4. The molecule has 0 aliphatic rings. The van der Waals surface area contributed by atoms with E-state index in [1.54, 1.807) is 0 Å². The van der Waals surface area contributed by atoms with Crippen molar-refractivity contribution in [2.45, 2.75) is 0 Å². The standard InChI is InChI=1S/Ca.Ge.Lu.Sm.Y.2H. The summed E-state index contributed by atoms with van der Waals surface area (Å²) in [5, 5.41) is 0. The fraction of sp³-hybridized carbons (Fsp3) is 0. The van der Waals surface area contributed by atoms with Crippen molar-refractivity contribution in [2.75, 3.05) is 0 Å². The molecule has 32 valence electrons. The van der Waals surface area contributed by atoms with Crippen molar-refractivity contribution < 1.29 is 110 Å². The van der Waals surface area contributed by atoms with E-state index < -0.39 is 0 Å². The molecular weight excluding hydrogens is 527 g/mol. The molecule has 0 saturated carbocycles. The van der Waals surface area contributed by atoms with E-state index in [9.17, 15) is 0 Å². The van der Waals surface area contributed by atoms with Gasteiger partial charge in [0.15, 0.2) is 0 Å². The average Bonchev–Trinajstić information content (AvgIpc) is 0. The van der Waals surface area contributed by atoms with Crippen LogP contribution in [0.1, 0.15) is 0 Å². The van der Waals surface area contributed by atoms with E-state index >= 15 is 0 Å². The van der Waals surface area contributed by atoms with Crippen LogP contribution in [0.25, 0.3) is 0 Å². The summed E-state index contributed by atoms with van der Waals surface area (Å²) in [6.07, 6.45) is 0. The van der Waals surface area contributed by atoms with Gasteiger partial charge in [-0.2, -0.15) is 0 Å². The molecule has 0 aromatic rings. The molecule has 6 radical (unpaired) electrons. The second-order valence-electron chi connectivity index (χ2n) is 0. The summed E-state index contributed by atoms with van der Waals surface area (Å²) in [6, 6.07) is 0. The van der Waals surface area contributed by atoms with Crippen LogP contribution in [-0.4, -0.2) is 55.3 Å². The second-order valence-corrected chi connectivity index (χ2v) is 0. The topological polar surface area (TPSA) is 0 Å². The summed E-state index contributed by atoms with van der Waals surface area (Å²) >= 11 is 0. The zero-order chi connectivity index (χ0) is 0. The quantitative estimate of drug-likeness (QED) is 0.343. The Hall–Kier alpha value is 5.48. The van der Waals surface area contributed by atoms with Gasteiger partial charge < -0.3 is 0 Å². The van der Waals surface area contributed by atoms with E-state index in [0.717, 1.165) is 0 Å². The van der Waals surface area contributed by atoms with Crippen LogP contribution in [0.15, 0.2) is 0 Å². The van der Waals surface area contributed by atoms with Crippen molar-refractivity contribution in [3.05, 3.63) is 0 Å². The van der Waals surface area contributed by atoms with Gasteiger partial charge in [0.25, 0.3) is 0 Å². The van der Waals surface area contributed by atoms with Gasteiger partial charge in [0.2, 0.25) is 0 Å². The number of hydrogen-bond donors (Lipinski definition) is 0. The largest absolute Gasteiger partial charge is 0 e. The zero-order valence-corrected chi connectivity index (χ0v) is 11.0. The third-order valence-electron chi connectivity index (χ3n) is 0. The normalized spacial score (nSPS) is 0. The molecule has 0 aliphatic heterocycles. The Labute approximate surface area is 160 Å². The van der Waals surface area contributed by atoms with Crippen LogP contribution < -0.4 is 0 Å². The predicted octanol–water partition coefficient (Wildman–Crippen LogP) is -1.30. The molecule has 0 aromatic heterocycles. The fourth-order valence-corrected chi connectivity index (χ4v) is 0. The Balaban J connectivity index is 0. The van der Waals surface area contributed by atoms with Gasteiger partial charge in [0, 0.05) is 128 Å². The summed E-state index contributed by atoms with van der Waals surface area (Å²) in [4.78, 5) is 0. The minimum atomic E-state index is 0. The molecule has 0 unspecified atom stereocenters.